The number of hydrogen-bond donors (Lipinski definition) is 2. The van der Waals surface area contributed by atoms with Crippen LogP contribution in [0.3, 0.4) is 0 Å². The third-order valence-corrected chi connectivity index (χ3v) is 3.55. The van der Waals surface area contributed by atoms with Gasteiger partial charge < -0.3 is 10.2 Å². The molecule has 0 amide bonds. The normalized spacial score (nSPS) is 16.6. The van der Waals surface area contributed by atoms with Gasteiger partial charge in [-0.05, 0) is 50.0 Å². The van der Waals surface area contributed by atoms with Crippen LogP contribution >= 0.6 is 0 Å². The third-order valence-electron chi connectivity index (χ3n) is 3.55. The van der Waals surface area contributed by atoms with Crippen molar-refractivity contribution in [3.05, 3.63) is 29.6 Å². The number of aliphatic carboxylic acids is 1. The Hall–Kier alpha value is -1.83. The average Bonchev–Trinajstić information content (AvgIpc) is 2.45. The molecule has 0 radical (unpaired) electrons. The van der Waals surface area contributed by atoms with Crippen LogP contribution in [0.5, 0.6) is 5.75 Å². The van der Waals surface area contributed by atoms with E-state index in [2.05, 4.69) is 11.8 Å². The van der Waals surface area contributed by atoms with Crippen LogP contribution in [0.15, 0.2) is 18.2 Å². The molecular weight excluding hydrogens is 318 g/mol. The van der Waals surface area contributed by atoms with Gasteiger partial charge >= 0.3 is 12.1 Å². The van der Waals surface area contributed by atoms with Gasteiger partial charge in [-0.3, -0.25) is 4.90 Å². The maximum Gasteiger partial charge on any atom is 0.490 e. The molecule has 2 N–H and O–H groups in total. The van der Waals surface area contributed by atoms with E-state index in [9.17, 15) is 22.7 Å². The summed E-state index contributed by atoms with van der Waals surface area (Å²) in [4.78, 5) is 11.2. The van der Waals surface area contributed by atoms with E-state index in [0.29, 0.717) is 12.1 Å². The molecule has 23 heavy (non-hydrogen) atoms. The Labute approximate surface area is 131 Å². The fourth-order valence-electron chi connectivity index (χ4n) is 2.14. The molecule has 130 valence electrons. The third kappa shape index (κ3) is 6.85. The van der Waals surface area contributed by atoms with Crippen LogP contribution in [0.4, 0.5) is 17.6 Å². The molecule has 8 heteroatoms. The molecule has 1 aliphatic heterocycles. The number of carboxylic acids is 1. The first-order valence-electron chi connectivity index (χ1n) is 7.09. The van der Waals surface area contributed by atoms with Gasteiger partial charge in [0.2, 0.25) is 0 Å². The minimum atomic E-state index is -5.08. The molecule has 0 bridgehead atoms. The number of aromatic hydroxyl groups is 1. The number of rotatable bonds is 2. The fourth-order valence-corrected chi connectivity index (χ4v) is 2.14. The highest BCUT2D eigenvalue weighted by Gasteiger charge is 2.38. The second kappa shape index (κ2) is 8.14. The van der Waals surface area contributed by atoms with Gasteiger partial charge in [-0.2, -0.15) is 13.2 Å². The van der Waals surface area contributed by atoms with Crippen molar-refractivity contribution in [2.45, 2.75) is 32.5 Å². The lowest BCUT2D eigenvalue weighted by Crippen LogP contribution is -2.32. The maximum absolute atomic E-state index is 13.0. The van der Waals surface area contributed by atoms with Crippen LogP contribution in [0.2, 0.25) is 0 Å². The lowest BCUT2D eigenvalue weighted by atomic mass is 9.99. The second-order valence-electron chi connectivity index (χ2n) is 5.53. The zero-order chi connectivity index (χ0) is 17.6. The lowest BCUT2D eigenvalue weighted by molar-refractivity contribution is -0.192. The Morgan fingerprint density at radius 1 is 1.30 bits per heavy atom. The second-order valence-corrected chi connectivity index (χ2v) is 5.53. The summed E-state index contributed by atoms with van der Waals surface area (Å²) in [5.74, 6) is -2.05. The summed E-state index contributed by atoms with van der Waals surface area (Å²) < 4.78 is 44.8. The van der Waals surface area contributed by atoms with Crippen molar-refractivity contribution in [3.8, 4) is 5.75 Å². The van der Waals surface area contributed by atoms with E-state index in [1.807, 2.05) is 0 Å². The molecule has 1 aliphatic rings. The Kier molecular flexibility index (Phi) is 6.80. The van der Waals surface area contributed by atoms with E-state index in [0.717, 1.165) is 19.0 Å². The molecule has 0 saturated carbocycles. The minimum Gasteiger partial charge on any atom is -0.508 e. The van der Waals surface area contributed by atoms with Crippen LogP contribution < -0.4 is 0 Å². The van der Waals surface area contributed by atoms with Crippen molar-refractivity contribution in [1.82, 2.24) is 4.90 Å². The molecule has 1 saturated heterocycles. The molecule has 1 aromatic carbocycles. The van der Waals surface area contributed by atoms with Crippen molar-refractivity contribution in [2.24, 2.45) is 5.92 Å². The summed E-state index contributed by atoms with van der Waals surface area (Å²) in [5, 5.41) is 16.7. The number of halogens is 4. The predicted octanol–water partition coefficient (Wildman–Crippen LogP) is 3.40. The molecule has 0 atom stereocenters. The Balaban J connectivity index is 0.000000322. The molecule has 1 aromatic rings. The number of phenolic OH excluding ortho intramolecular Hbond substituents is 1. The number of hydrogen-bond acceptors (Lipinski definition) is 3. The molecule has 0 aliphatic carbocycles. The number of phenols is 1. The zero-order valence-corrected chi connectivity index (χ0v) is 12.6. The van der Waals surface area contributed by atoms with Gasteiger partial charge in [0.1, 0.15) is 11.6 Å². The lowest BCUT2D eigenvalue weighted by Gasteiger charge is -2.30. The quantitative estimate of drug-likeness (QED) is 0.812. The summed E-state index contributed by atoms with van der Waals surface area (Å²) >= 11 is 0. The maximum atomic E-state index is 13.0. The molecule has 1 heterocycles. The number of carbonyl (C=O) groups is 1. The Bertz CT molecular complexity index is 526. The average molecular weight is 337 g/mol. The summed E-state index contributed by atoms with van der Waals surface area (Å²) in [5.41, 5.74) is 0.689. The summed E-state index contributed by atoms with van der Waals surface area (Å²) in [6.07, 6.45) is -2.70. The molecule has 0 spiro atoms. The Morgan fingerprint density at radius 2 is 1.83 bits per heavy atom. The van der Waals surface area contributed by atoms with Crippen molar-refractivity contribution in [2.75, 3.05) is 13.1 Å². The topological polar surface area (TPSA) is 60.8 Å². The number of nitrogens with zero attached hydrogens (tertiary/aromatic N) is 1. The number of piperidine rings is 1. The van der Waals surface area contributed by atoms with Crippen LogP contribution in [0, 0.1) is 11.7 Å². The minimum absolute atomic E-state index is 0.194. The predicted molar refractivity (Wildman–Crippen MR) is 75.4 cm³/mol. The van der Waals surface area contributed by atoms with Gasteiger partial charge in [-0.1, -0.05) is 6.92 Å². The van der Waals surface area contributed by atoms with Gasteiger partial charge in [0.25, 0.3) is 0 Å². The number of alkyl halides is 3. The summed E-state index contributed by atoms with van der Waals surface area (Å²) in [6, 6.07) is 4.14. The van der Waals surface area contributed by atoms with Gasteiger partial charge in [-0.15, -0.1) is 0 Å². The van der Waals surface area contributed by atoms with Crippen molar-refractivity contribution < 1.29 is 32.6 Å². The summed E-state index contributed by atoms with van der Waals surface area (Å²) in [7, 11) is 0. The Morgan fingerprint density at radius 3 is 2.30 bits per heavy atom. The monoisotopic (exact) mass is 337 g/mol. The van der Waals surface area contributed by atoms with Crippen molar-refractivity contribution in [3.63, 3.8) is 0 Å². The number of likely N-dealkylation sites (tertiary alicyclic amines) is 1. The smallest absolute Gasteiger partial charge is 0.490 e. The van der Waals surface area contributed by atoms with Gasteiger partial charge in [-0.25, -0.2) is 9.18 Å². The van der Waals surface area contributed by atoms with E-state index in [1.54, 1.807) is 0 Å². The standard InChI is InChI=1S/C13H18FNO.C2HF3O2/c1-10-4-6-15(7-5-10)9-11-8-12(14)2-3-13(11)16;3-2(4,5)1(6)7/h2-3,8,10,16H,4-7,9H2,1H3;(H,6,7). The molecule has 2 rings (SSSR count). The van der Waals surface area contributed by atoms with Crippen molar-refractivity contribution in [1.29, 1.82) is 0 Å². The first kappa shape index (κ1) is 19.2. The van der Waals surface area contributed by atoms with Crippen LogP contribution in [0.25, 0.3) is 0 Å². The first-order chi connectivity index (χ1) is 10.6. The highest BCUT2D eigenvalue weighted by Crippen LogP contribution is 2.23. The zero-order valence-electron chi connectivity index (χ0n) is 12.6. The summed E-state index contributed by atoms with van der Waals surface area (Å²) in [6.45, 7) is 4.99. The molecule has 0 unspecified atom stereocenters. The largest absolute Gasteiger partial charge is 0.508 e. The van der Waals surface area contributed by atoms with E-state index in [4.69, 9.17) is 9.90 Å². The highest BCUT2D eigenvalue weighted by molar-refractivity contribution is 5.73. The molecule has 1 fully saturated rings. The molecular formula is C15H19F4NO3. The number of carboxylic acid groups (broad SMARTS) is 1. The van der Waals surface area contributed by atoms with Crippen LogP contribution in [0.1, 0.15) is 25.3 Å². The van der Waals surface area contributed by atoms with Crippen LogP contribution in [-0.4, -0.2) is 40.3 Å². The van der Waals surface area contributed by atoms with Gasteiger partial charge in [0.05, 0.1) is 0 Å². The van der Waals surface area contributed by atoms with Gasteiger partial charge in [0, 0.05) is 12.1 Å². The van der Waals surface area contributed by atoms with Crippen molar-refractivity contribution >= 4 is 5.97 Å². The van der Waals surface area contributed by atoms with E-state index >= 15 is 0 Å². The van der Waals surface area contributed by atoms with Gasteiger partial charge in [0.15, 0.2) is 0 Å². The number of benzene rings is 1. The SMILES string of the molecule is CC1CCN(Cc2cc(F)ccc2O)CC1.O=C(O)C(F)(F)F. The van der Waals surface area contributed by atoms with E-state index in [-0.39, 0.29) is 11.6 Å². The molecule has 4 nitrogen and oxygen atoms in total. The highest BCUT2D eigenvalue weighted by atomic mass is 19.4. The van der Waals surface area contributed by atoms with E-state index < -0.39 is 12.1 Å². The van der Waals surface area contributed by atoms with E-state index in [1.165, 1.54) is 31.0 Å². The van der Waals surface area contributed by atoms with Crippen LogP contribution in [-0.2, 0) is 11.3 Å². The first-order valence-corrected chi connectivity index (χ1v) is 7.09. The fraction of sp³-hybridized carbons (Fsp3) is 0.533. The molecule has 0 aromatic heterocycles.